The first-order chi connectivity index (χ1) is 17.3. The fourth-order valence-electron chi connectivity index (χ4n) is 4.17. The molecule has 8 heteroatoms. The van der Waals surface area contributed by atoms with Crippen molar-refractivity contribution in [1.82, 2.24) is 4.90 Å². The lowest BCUT2D eigenvalue weighted by Crippen LogP contribution is -2.49. The van der Waals surface area contributed by atoms with Gasteiger partial charge in [0, 0.05) is 13.0 Å². The Bertz CT molecular complexity index is 1030. The van der Waals surface area contributed by atoms with E-state index in [1.165, 1.54) is 19.2 Å². The van der Waals surface area contributed by atoms with E-state index in [2.05, 4.69) is 18.7 Å². The molecular weight excluding hydrogens is 478 g/mol. The zero-order chi connectivity index (χ0) is 26.6. The van der Waals surface area contributed by atoms with E-state index in [9.17, 15) is 13.2 Å². The van der Waals surface area contributed by atoms with Crippen molar-refractivity contribution in [2.75, 3.05) is 40.0 Å². The van der Waals surface area contributed by atoms with Crippen molar-refractivity contribution < 1.29 is 27.4 Å². The van der Waals surface area contributed by atoms with Crippen molar-refractivity contribution in [1.29, 1.82) is 0 Å². The molecule has 0 heterocycles. The lowest BCUT2D eigenvalue weighted by Gasteiger charge is -2.31. The first-order valence-electron chi connectivity index (χ1n) is 12.8. The Morgan fingerprint density at radius 1 is 0.917 bits per heavy atom. The summed E-state index contributed by atoms with van der Waals surface area (Å²) in [5.41, 5.74) is 0.729. The number of methoxy groups -OCH3 is 1. The van der Waals surface area contributed by atoms with Gasteiger partial charge >= 0.3 is 5.97 Å². The van der Waals surface area contributed by atoms with E-state index in [0.717, 1.165) is 31.6 Å². The fourth-order valence-corrected chi connectivity index (χ4v) is 6.17. The Kier molecular flexibility index (Phi) is 11.7. The summed E-state index contributed by atoms with van der Waals surface area (Å²) in [4.78, 5) is 15.7. The highest BCUT2D eigenvalue weighted by Gasteiger charge is 2.52. The largest absolute Gasteiger partial charge is 0.497 e. The molecule has 0 saturated heterocycles. The number of ether oxygens (including phenoxy) is 3. The van der Waals surface area contributed by atoms with Gasteiger partial charge in [-0.2, -0.15) is 0 Å². The van der Waals surface area contributed by atoms with E-state index in [1.54, 1.807) is 19.1 Å². The maximum atomic E-state index is 14.0. The maximum Gasteiger partial charge on any atom is 0.328 e. The maximum absolute atomic E-state index is 14.0. The van der Waals surface area contributed by atoms with Gasteiger partial charge in [-0.25, -0.2) is 8.42 Å². The number of nitrogens with zero attached hydrogens (tertiary/aromatic N) is 1. The van der Waals surface area contributed by atoms with Crippen LogP contribution in [0.2, 0.25) is 0 Å². The lowest BCUT2D eigenvalue weighted by atomic mass is 9.93. The van der Waals surface area contributed by atoms with Gasteiger partial charge in [0.15, 0.2) is 14.6 Å². The van der Waals surface area contributed by atoms with Crippen LogP contribution in [-0.2, 0) is 25.8 Å². The number of carbonyl (C=O) groups excluding carboxylic acids is 1. The molecule has 1 atom stereocenters. The van der Waals surface area contributed by atoms with Crippen molar-refractivity contribution >= 4 is 15.8 Å². The van der Waals surface area contributed by atoms with Gasteiger partial charge in [-0.05, 0) is 68.4 Å². The van der Waals surface area contributed by atoms with Gasteiger partial charge < -0.3 is 19.1 Å². The molecule has 7 nitrogen and oxygen atoms in total. The average Bonchev–Trinajstić information content (AvgIpc) is 2.90. The molecule has 2 aromatic rings. The van der Waals surface area contributed by atoms with Gasteiger partial charge in [-0.3, -0.25) is 4.79 Å². The van der Waals surface area contributed by atoms with Crippen LogP contribution < -0.4 is 9.47 Å². The minimum Gasteiger partial charge on any atom is -0.497 e. The molecule has 36 heavy (non-hydrogen) atoms. The smallest absolute Gasteiger partial charge is 0.328 e. The molecule has 0 bridgehead atoms. The van der Waals surface area contributed by atoms with E-state index in [-0.39, 0.29) is 24.3 Å². The second kappa shape index (κ2) is 14.2. The number of unbranched alkanes of at least 4 members (excludes halogenated alkanes) is 1. The monoisotopic (exact) mass is 519 g/mol. The summed E-state index contributed by atoms with van der Waals surface area (Å²) < 4.78 is 42.8. The van der Waals surface area contributed by atoms with Crippen LogP contribution in [-0.4, -0.2) is 64.0 Å². The summed E-state index contributed by atoms with van der Waals surface area (Å²) in [5.74, 6) is 0.536. The summed E-state index contributed by atoms with van der Waals surface area (Å²) in [7, 11) is -2.57. The highest BCUT2D eigenvalue weighted by molar-refractivity contribution is 7.93. The summed E-state index contributed by atoms with van der Waals surface area (Å²) in [6.07, 6.45) is 1.50. The molecule has 2 rings (SSSR count). The van der Waals surface area contributed by atoms with Crippen LogP contribution >= 0.6 is 0 Å². The number of rotatable bonds is 16. The Labute approximate surface area is 216 Å². The molecule has 0 aliphatic heterocycles. The summed E-state index contributed by atoms with van der Waals surface area (Å²) in [5, 5.41) is 0. The zero-order valence-electron chi connectivity index (χ0n) is 22.3. The van der Waals surface area contributed by atoms with Crippen molar-refractivity contribution in [2.24, 2.45) is 0 Å². The van der Waals surface area contributed by atoms with Gasteiger partial charge in [0.25, 0.3) is 0 Å². The van der Waals surface area contributed by atoms with E-state index in [4.69, 9.17) is 14.2 Å². The van der Waals surface area contributed by atoms with Crippen LogP contribution in [0, 0.1) is 0 Å². The van der Waals surface area contributed by atoms with Crippen LogP contribution in [0.15, 0.2) is 53.4 Å². The number of hydrogen-bond donors (Lipinski definition) is 0. The Morgan fingerprint density at radius 3 is 2.06 bits per heavy atom. The van der Waals surface area contributed by atoms with E-state index < -0.39 is 20.6 Å². The molecule has 0 aliphatic carbocycles. The standard InChI is InChI=1S/C28H41NO6S/c1-6-10-19-28(27(30)34-9-4,36(31,32)26-17-15-24(33-5)16-18-26)22-23-11-13-25(14-12-23)35-21-20-29(7-2)8-3/h11-18H,6-10,19-22H2,1-5H3. The van der Waals surface area contributed by atoms with Crippen molar-refractivity contribution in [3.63, 3.8) is 0 Å². The number of carbonyl (C=O) groups is 1. The summed E-state index contributed by atoms with van der Waals surface area (Å²) >= 11 is 0. The second-order valence-corrected chi connectivity index (χ2v) is 11.0. The SMILES string of the molecule is CCCCC(Cc1ccc(OCCN(CC)CC)cc1)(C(=O)OCC)S(=O)(=O)c1ccc(OC)cc1. The minimum atomic E-state index is -4.09. The molecule has 200 valence electrons. The molecule has 1 unspecified atom stereocenters. The molecule has 0 saturated carbocycles. The average molecular weight is 520 g/mol. The molecule has 0 fully saturated rings. The van der Waals surface area contributed by atoms with Gasteiger partial charge in [0.1, 0.15) is 18.1 Å². The van der Waals surface area contributed by atoms with E-state index >= 15 is 0 Å². The van der Waals surface area contributed by atoms with Crippen LogP contribution in [0.3, 0.4) is 0 Å². The Hall–Kier alpha value is -2.58. The lowest BCUT2D eigenvalue weighted by molar-refractivity contribution is -0.146. The third-order valence-corrected chi connectivity index (χ3v) is 8.89. The van der Waals surface area contributed by atoms with Crippen molar-refractivity contribution in [3.8, 4) is 11.5 Å². The molecule has 0 aromatic heterocycles. The van der Waals surface area contributed by atoms with Crippen LogP contribution in [0.4, 0.5) is 0 Å². The topological polar surface area (TPSA) is 82.1 Å². The summed E-state index contributed by atoms with van der Waals surface area (Å²) in [6.45, 7) is 11.3. The van der Waals surface area contributed by atoms with Crippen LogP contribution in [0.1, 0.15) is 52.5 Å². The first-order valence-corrected chi connectivity index (χ1v) is 14.3. The third-order valence-electron chi connectivity index (χ3n) is 6.45. The molecule has 0 radical (unpaired) electrons. The van der Waals surface area contributed by atoms with Crippen LogP contribution in [0.25, 0.3) is 0 Å². The Morgan fingerprint density at radius 2 is 1.53 bits per heavy atom. The molecule has 0 aliphatic rings. The highest BCUT2D eigenvalue weighted by Crippen LogP contribution is 2.36. The fraction of sp³-hybridized carbons (Fsp3) is 0.536. The zero-order valence-corrected chi connectivity index (χ0v) is 23.1. The highest BCUT2D eigenvalue weighted by atomic mass is 32.2. The summed E-state index contributed by atoms with van der Waals surface area (Å²) in [6, 6.07) is 13.5. The van der Waals surface area contributed by atoms with Gasteiger partial charge in [-0.15, -0.1) is 0 Å². The molecule has 0 amide bonds. The normalized spacial score (nSPS) is 13.3. The number of benzene rings is 2. The van der Waals surface area contributed by atoms with Gasteiger partial charge in [0.2, 0.25) is 0 Å². The number of esters is 1. The van der Waals surface area contributed by atoms with E-state index in [1.807, 2.05) is 31.2 Å². The Balaban J connectivity index is 2.39. The minimum absolute atomic E-state index is 0.0138. The third kappa shape index (κ3) is 7.23. The molecule has 0 N–H and O–H groups in total. The predicted molar refractivity (Wildman–Crippen MR) is 142 cm³/mol. The van der Waals surface area contributed by atoms with Gasteiger partial charge in [0.05, 0.1) is 18.6 Å². The molecular formula is C28H41NO6S. The number of sulfone groups is 1. The van der Waals surface area contributed by atoms with Crippen molar-refractivity contribution in [2.45, 2.75) is 63.0 Å². The van der Waals surface area contributed by atoms with E-state index in [0.29, 0.717) is 24.5 Å². The first kappa shape index (κ1) is 29.6. The quantitative estimate of drug-likeness (QED) is 0.291. The molecule has 2 aromatic carbocycles. The molecule has 0 spiro atoms. The number of likely N-dealkylation sites (N-methyl/N-ethyl adjacent to an activating group) is 1. The van der Waals surface area contributed by atoms with Gasteiger partial charge in [-0.1, -0.05) is 45.7 Å². The second-order valence-electron chi connectivity index (χ2n) is 8.69. The predicted octanol–water partition coefficient (Wildman–Crippen LogP) is 4.92. The van der Waals surface area contributed by atoms with Crippen molar-refractivity contribution in [3.05, 3.63) is 54.1 Å². The number of hydrogen-bond acceptors (Lipinski definition) is 7. The van der Waals surface area contributed by atoms with Crippen LogP contribution in [0.5, 0.6) is 11.5 Å².